The van der Waals surface area contributed by atoms with Gasteiger partial charge in [0, 0.05) is 29.8 Å². The van der Waals surface area contributed by atoms with Crippen LogP contribution in [0.15, 0.2) is 110 Å². The molecule has 0 radical (unpaired) electrons. The SMILES string of the molecule is C=C(OSF)c1ccccn1.CC(C)c1cc2ccccc2cc1-c1nccn1-c1ccccc1. The van der Waals surface area contributed by atoms with Gasteiger partial charge >= 0.3 is 0 Å². The second-order valence-electron chi connectivity index (χ2n) is 8.18. The maximum atomic E-state index is 11.5. The average Bonchev–Trinajstić information content (AvgIpc) is 3.39. The Balaban J connectivity index is 0.000000221. The number of halogens is 1. The zero-order chi connectivity index (χ0) is 24.6. The summed E-state index contributed by atoms with van der Waals surface area (Å²) in [5, 5.41) is 2.53. The van der Waals surface area contributed by atoms with Gasteiger partial charge in [-0.3, -0.25) is 9.55 Å². The van der Waals surface area contributed by atoms with E-state index in [2.05, 4.69) is 99.8 Å². The van der Waals surface area contributed by atoms with E-state index < -0.39 is 0 Å². The average molecular weight is 484 g/mol. The molecule has 3 aromatic carbocycles. The van der Waals surface area contributed by atoms with Gasteiger partial charge in [0.15, 0.2) is 5.76 Å². The van der Waals surface area contributed by atoms with Crippen LogP contribution in [0.1, 0.15) is 31.0 Å². The van der Waals surface area contributed by atoms with Crippen molar-refractivity contribution in [3.8, 4) is 17.1 Å². The van der Waals surface area contributed by atoms with Crippen LogP contribution in [0.2, 0.25) is 0 Å². The molecule has 5 aromatic rings. The molecular weight excluding hydrogens is 457 g/mol. The smallest absolute Gasteiger partial charge is 0.272 e. The van der Waals surface area contributed by atoms with E-state index in [-0.39, 0.29) is 18.2 Å². The molecule has 0 N–H and O–H groups in total. The summed E-state index contributed by atoms with van der Waals surface area (Å²) in [5.74, 6) is 1.65. The fraction of sp³-hybridized carbons (Fsp3) is 0.103. The van der Waals surface area contributed by atoms with E-state index in [9.17, 15) is 3.89 Å². The minimum Gasteiger partial charge on any atom is -0.395 e. The summed E-state index contributed by atoms with van der Waals surface area (Å²) in [4.78, 5) is 8.57. The fourth-order valence-electron chi connectivity index (χ4n) is 3.84. The van der Waals surface area contributed by atoms with E-state index in [1.54, 1.807) is 24.4 Å². The summed E-state index contributed by atoms with van der Waals surface area (Å²) in [6.45, 7) is 7.95. The molecule has 0 spiro atoms. The number of benzene rings is 3. The van der Waals surface area contributed by atoms with Crippen molar-refractivity contribution in [2.24, 2.45) is 0 Å². The van der Waals surface area contributed by atoms with Crippen LogP contribution in [0.5, 0.6) is 0 Å². The Kier molecular flexibility index (Phi) is 7.95. The molecule has 176 valence electrons. The molecule has 0 saturated heterocycles. The molecule has 0 aliphatic heterocycles. The molecule has 0 bridgehead atoms. The molecule has 6 heteroatoms. The van der Waals surface area contributed by atoms with Gasteiger partial charge in [-0.05, 0) is 52.6 Å². The van der Waals surface area contributed by atoms with E-state index in [4.69, 9.17) is 0 Å². The van der Waals surface area contributed by atoms with Crippen molar-refractivity contribution in [1.29, 1.82) is 0 Å². The van der Waals surface area contributed by atoms with E-state index >= 15 is 0 Å². The molecule has 2 aromatic heterocycles. The molecule has 0 saturated carbocycles. The molecular formula is C29H26FN3OS. The monoisotopic (exact) mass is 483 g/mol. The lowest BCUT2D eigenvalue weighted by Gasteiger charge is -2.16. The molecule has 0 aliphatic rings. The predicted molar refractivity (Wildman–Crippen MR) is 144 cm³/mol. The Morgan fingerprint density at radius 3 is 2.23 bits per heavy atom. The van der Waals surface area contributed by atoms with Gasteiger partial charge in [0.25, 0.3) is 12.4 Å². The third-order valence-corrected chi connectivity index (χ3v) is 5.80. The maximum Gasteiger partial charge on any atom is 0.272 e. The zero-order valence-corrected chi connectivity index (χ0v) is 20.5. The van der Waals surface area contributed by atoms with Crippen molar-refractivity contribution in [3.05, 3.63) is 121 Å². The largest absolute Gasteiger partial charge is 0.395 e. The molecule has 0 amide bonds. The molecule has 0 fully saturated rings. The van der Waals surface area contributed by atoms with Crippen LogP contribution in [0.25, 0.3) is 33.6 Å². The summed E-state index contributed by atoms with van der Waals surface area (Å²) in [6, 6.07) is 28.7. The standard InChI is InChI=1S/C22H20N2.C7H6FNOS/c1-16(2)20-14-17-8-6-7-9-18(17)15-21(20)22-23-12-13-24(22)19-10-4-3-5-11-19;1-6(10-11-8)7-4-2-3-5-9-7/h3-16H,1-2H3;2-5H,1H2. The highest BCUT2D eigenvalue weighted by Gasteiger charge is 2.15. The maximum absolute atomic E-state index is 11.5. The van der Waals surface area contributed by atoms with E-state index in [1.165, 1.54) is 21.9 Å². The number of hydrogen-bond donors (Lipinski definition) is 0. The predicted octanol–water partition coefficient (Wildman–Crippen LogP) is 8.42. The minimum absolute atomic E-state index is 0.220. The third-order valence-electron chi connectivity index (χ3n) is 5.54. The van der Waals surface area contributed by atoms with Gasteiger partial charge in [-0.25, -0.2) is 4.98 Å². The Morgan fingerprint density at radius 2 is 1.57 bits per heavy atom. The van der Waals surface area contributed by atoms with Crippen molar-refractivity contribution in [3.63, 3.8) is 0 Å². The minimum atomic E-state index is -0.235. The molecule has 0 aliphatic carbocycles. The zero-order valence-electron chi connectivity index (χ0n) is 19.6. The van der Waals surface area contributed by atoms with Crippen LogP contribution in [-0.2, 0) is 4.18 Å². The second kappa shape index (κ2) is 11.5. The number of rotatable bonds is 6. The first-order valence-corrected chi connectivity index (χ1v) is 11.9. The van der Waals surface area contributed by atoms with E-state index in [1.807, 2.05) is 18.5 Å². The van der Waals surface area contributed by atoms with Crippen molar-refractivity contribution in [1.82, 2.24) is 14.5 Å². The van der Waals surface area contributed by atoms with Crippen molar-refractivity contribution in [2.45, 2.75) is 19.8 Å². The number of pyridine rings is 1. The normalized spacial score (nSPS) is 10.6. The van der Waals surface area contributed by atoms with Gasteiger partial charge in [-0.2, -0.15) is 0 Å². The Hall–Kier alpha value is -3.90. The summed E-state index contributed by atoms with van der Waals surface area (Å²) in [7, 11) is 0. The van der Waals surface area contributed by atoms with Crippen LogP contribution < -0.4 is 0 Å². The van der Waals surface area contributed by atoms with Crippen LogP contribution in [0.4, 0.5) is 3.89 Å². The molecule has 5 rings (SSSR count). The van der Waals surface area contributed by atoms with Crippen LogP contribution >= 0.6 is 12.4 Å². The lowest BCUT2D eigenvalue weighted by Crippen LogP contribution is -2.00. The molecule has 35 heavy (non-hydrogen) atoms. The second-order valence-corrected chi connectivity index (χ2v) is 8.47. The number of fused-ring (bicyclic) bond motifs is 1. The van der Waals surface area contributed by atoms with Crippen LogP contribution in [0.3, 0.4) is 0 Å². The van der Waals surface area contributed by atoms with E-state index in [0.29, 0.717) is 11.6 Å². The topological polar surface area (TPSA) is 39.9 Å². The van der Waals surface area contributed by atoms with Crippen molar-refractivity contribution >= 4 is 29.0 Å². The fourth-order valence-corrected chi connectivity index (χ4v) is 4.00. The summed E-state index contributed by atoms with van der Waals surface area (Å²) < 4.78 is 18.1. The molecule has 0 atom stereocenters. The molecule has 4 nitrogen and oxygen atoms in total. The number of nitrogens with zero attached hydrogens (tertiary/aromatic N) is 3. The first-order valence-electron chi connectivity index (χ1n) is 11.3. The number of aromatic nitrogens is 3. The highest BCUT2D eigenvalue weighted by atomic mass is 32.2. The lowest BCUT2D eigenvalue weighted by atomic mass is 9.93. The first-order chi connectivity index (χ1) is 17.1. The third kappa shape index (κ3) is 5.78. The number of para-hydroxylation sites is 1. The molecule has 2 heterocycles. The van der Waals surface area contributed by atoms with Crippen molar-refractivity contribution in [2.75, 3.05) is 0 Å². The van der Waals surface area contributed by atoms with Crippen LogP contribution in [-0.4, -0.2) is 14.5 Å². The summed E-state index contributed by atoms with van der Waals surface area (Å²) in [5.41, 5.74) is 4.21. The molecule has 0 unspecified atom stereocenters. The Bertz CT molecular complexity index is 1400. The van der Waals surface area contributed by atoms with Gasteiger partial charge in [-0.15, -0.1) is 3.89 Å². The van der Waals surface area contributed by atoms with Gasteiger partial charge < -0.3 is 4.18 Å². The van der Waals surface area contributed by atoms with E-state index in [0.717, 1.165) is 11.5 Å². The summed E-state index contributed by atoms with van der Waals surface area (Å²) in [6.07, 6.45) is 5.50. The first kappa shape index (κ1) is 24.2. The quantitative estimate of drug-likeness (QED) is 0.179. The summed E-state index contributed by atoms with van der Waals surface area (Å²) >= 11 is -0.235. The highest BCUT2D eigenvalue weighted by molar-refractivity contribution is 7.89. The highest BCUT2D eigenvalue weighted by Crippen LogP contribution is 2.33. The van der Waals surface area contributed by atoms with Gasteiger partial charge in [-0.1, -0.05) is 75.0 Å². The Labute approximate surface area is 209 Å². The van der Waals surface area contributed by atoms with Gasteiger partial charge in [0.05, 0.1) is 0 Å². The van der Waals surface area contributed by atoms with Gasteiger partial charge in [0.1, 0.15) is 11.5 Å². The van der Waals surface area contributed by atoms with Gasteiger partial charge in [0.2, 0.25) is 0 Å². The lowest BCUT2D eigenvalue weighted by molar-refractivity contribution is 0.570. The Morgan fingerprint density at radius 1 is 0.886 bits per heavy atom. The van der Waals surface area contributed by atoms with Crippen LogP contribution in [0, 0.1) is 0 Å². The number of imidazole rings is 1. The number of hydrogen-bond acceptors (Lipinski definition) is 4. The van der Waals surface area contributed by atoms with Crippen molar-refractivity contribution < 1.29 is 8.07 Å².